The molecule has 0 N–H and O–H groups in total. The second-order valence-corrected chi connectivity index (χ2v) is 8.68. The number of carbonyl (C=O) groups excluding carboxylic acids is 1. The molecule has 1 saturated heterocycles. The molecule has 168 valence electrons. The average molecular weight is 431 g/mol. The van der Waals surface area contributed by atoms with E-state index >= 15 is 0 Å². The van der Waals surface area contributed by atoms with Gasteiger partial charge in [-0.1, -0.05) is 12.1 Å². The van der Waals surface area contributed by atoms with Crippen molar-refractivity contribution in [1.82, 2.24) is 9.88 Å². The first-order chi connectivity index (χ1) is 14.8. The van der Waals surface area contributed by atoms with E-state index in [1.165, 1.54) is 12.1 Å². The smallest absolute Gasteiger partial charge is 0.410 e. The van der Waals surface area contributed by atoms with Crippen molar-refractivity contribution in [3.8, 4) is 11.6 Å². The van der Waals surface area contributed by atoms with Crippen LogP contribution >= 0.6 is 0 Å². The number of halogens is 1. The average Bonchev–Trinajstić information content (AvgIpc) is 2.72. The van der Waals surface area contributed by atoms with Gasteiger partial charge in [-0.15, -0.1) is 0 Å². The molecule has 1 aromatic heterocycles. The Bertz CT molecular complexity index is 867. The van der Waals surface area contributed by atoms with Crippen molar-refractivity contribution in [1.29, 1.82) is 0 Å². The van der Waals surface area contributed by atoms with Crippen molar-refractivity contribution in [3.05, 3.63) is 54.0 Å². The van der Waals surface area contributed by atoms with Gasteiger partial charge in [0, 0.05) is 25.2 Å². The van der Waals surface area contributed by atoms with Crippen LogP contribution < -0.4 is 9.47 Å². The molecule has 1 aromatic carbocycles. The van der Waals surface area contributed by atoms with Crippen LogP contribution in [0.25, 0.3) is 0 Å². The number of carbonyl (C=O) groups is 1. The molecule has 0 radical (unpaired) electrons. The Morgan fingerprint density at radius 2 is 1.94 bits per heavy atom. The lowest BCUT2D eigenvalue weighted by Gasteiger charge is -2.39. The summed E-state index contributed by atoms with van der Waals surface area (Å²) in [7, 11) is 0. The van der Waals surface area contributed by atoms with Crippen LogP contribution in [0.15, 0.2) is 42.6 Å². The summed E-state index contributed by atoms with van der Waals surface area (Å²) in [6.07, 6.45) is 2.07. The van der Waals surface area contributed by atoms with Gasteiger partial charge in [0.25, 0.3) is 5.88 Å². The molecule has 1 aliphatic heterocycles. The molecule has 2 atom stereocenters. The predicted molar refractivity (Wildman–Crippen MR) is 116 cm³/mol. The summed E-state index contributed by atoms with van der Waals surface area (Å²) in [5, 5.41) is 0. The Kier molecular flexibility index (Phi) is 7.36. The summed E-state index contributed by atoms with van der Waals surface area (Å²) in [6.45, 7) is 9.38. The first-order valence-corrected chi connectivity index (χ1v) is 10.7. The van der Waals surface area contributed by atoms with Crippen molar-refractivity contribution in [2.45, 2.75) is 45.6 Å². The number of aromatic nitrogens is 1. The molecule has 0 bridgehead atoms. The van der Waals surface area contributed by atoms with E-state index in [1.807, 2.05) is 45.9 Å². The molecule has 6 nitrogen and oxygen atoms in total. The molecule has 3 rings (SSSR count). The van der Waals surface area contributed by atoms with E-state index in [1.54, 1.807) is 17.2 Å². The molecular formula is C24H31FN2O4. The minimum atomic E-state index is -0.557. The molecule has 0 aliphatic carbocycles. The number of hydrogen-bond donors (Lipinski definition) is 0. The number of pyridine rings is 1. The van der Waals surface area contributed by atoms with Crippen molar-refractivity contribution >= 4 is 6.09 Å². The van der Waals surface area contributed by atoms with Crippen LogP contribution in [-0.2, 0) is 4.74 Å². The van der Waals surface area contributed by atoms with E-state index in [0.717, 1.165) is 12.0 Å². The number of amides is 1. The lowest BCUT2D eigenvalue weighted by atomic mass is 9.81. The van der Waals surface area contributed by atoms with Gasteiger partial charge in [-0.3, -0.25) is 0 Å². The zero-order valence-electron chi connectivity index (χ0n) is 18.6. The summed E-state index contributed by atoms with van der Waals surface area (Å²) in [5.74, 6) is 0.882. The fourth-order valence-electron chi connectivity index (χ4n) is 3.77. The number of benzene rings is 1. The van der Waals surface area contributed by atoms with Crippen molar-refractivity contribution in [2.75, 3.05) is 26.3 Å². The van der Waals surface area contributed by atoms with Gasteiger partial charge < -0.3 is 19.1 Å². The molecule has 2 aromatic rings. The van der Waals surface area contributed by atoms with E-state index in [4.69, 9.17) is 14.2 Å². The normalized spacial score (nSPS) is 19.1. The highest BCUT2D eigenvalue weighted by Gasteiger charge is 2.35. The number of nitrogens with zero attached hydrogens (tertiary/aromatic N) is 2. The largest absolute Gasteiger partial charge is 0.488 e. The highest BCUT2D eigenvalue weighted by atomic mass is 19.1. The van der Waals surface area contributed by atoms with Gasteiger partial charge in [0.15, 0.2) is 5.75 Å². The van der Waals surface area contributed by atoms with E-state index in [9.17, 15) is 9.18 Å². The maximum atomic E-state index is 13.4. The number of ether oxygens (including phenoxy) is 3. The molecule has 31 heavy (non-hydrogen) atoms. The Morgan fingerprint density at radius 3 is 2.61 bits per heavy atom. The lowest BCUT2D eigenvalue weighted by molar-refractivity contribution is 0.0110. The van der Waals surface area contributed by atoms with Gasteiger partial charge in [-0.25, -0.2) is 14.2 Å². The third-order valence-corrected chi connectivity index (χ3v) is 5.15. The van der Waals surface area contributed by atoms with Crippen LogP contribution in [0.4, 0.5) is 9.18 Å². The molecule has 1 aliphatic rings. The van der Waals surface area contributed by atoms with Crippen molar-refractivity contribution in [3.63, 3.8) is 0 Å². The molecule has 1 amide bonds. The summed E-state index contributed by atoms with van der Waals surface area (Å²) in [4.78, 5) is 18.6. The number of rotatable bonds is 6. The van der Waals surface area contributed by atoms with Gasteiger partial charge in [-0.2, -0.15) is 0 Å². The molecule has 0 unspecified atom stereocenters. The highest BCUT2D eigenvalue weighted by Crippen LogP contribution is 2.35. The summed E-state index contributed by atoms with van der Waals surface area (Å²) in [5.41, 5.74) is 0.481. The van der Waals surface area contributed by atoms with E-state index < -0.39 is 5.60 Å². The van der Waals surface area contributed by atoms with Gasteiger partial charge in [-0.05, 0) is 69.9 Å². The molecule has 7 heteroatoms. The maximum absolute atomic E-state index is 13.4. The second-order valence-electron chi connectivity index (χ2n) is 8.68. The van der Waals surface area contributed by atoms with Crippen LogP contribution in [0, 0.1) is 11.7 Å². The monoisotopic (exact) mass is 430 g/mol. The predicted octanol–water partition coefficient (Wildman–Crippen LogP) is 5.04. The van der Waals surface area contributed by atoms with Gasteiger partial charge in [0.2, 0.25) is 0 Å². The van der Waals surface area contributed by atoms with E-state index in [0.29, 0.717) is 37.9 Å². The molecule has 1 fully saturated rings. The molecular weight excluding hydrogens is 399 g/mol. The Morgan fingerprint density at radius 1 is 1.19 bits per heavy atom. The van der Waals surface area contributed by atoms with E-state index in [-0.39, 0.29) is 23.7 Å². The zero-order valence-corrected chi connectivity index (χ0v) is 18.6. The van der Waals surface area contributed by atoms with Crippen molar-refractivity contribution in [2.24, 2.45) is 5.92 Å². The fourth-order valence-corrected chi connectivity index (χ4v) is 3.77. The number of piperidine rings is 1. The third kappa shape index (κ3) is 6.32. The Hall–Kier alpha value is -2.83. The molecule has 0 spiro atoms. The van der Waals surface area contributed by atoms with Gasteiger partial charge in [0.05, 0.1) is 13.2 Å². The summed E-state index contributed by atoms with van der Waals surface area (Å²) >= 11 is 0. The van der Waals surface area contributed by atoms with E-state index in [2.05, 4.69) is 4.98 Å². The highest BCUT2D eigenvalue weighted by molar-refractivity contribution is 5.68. The van der Waals surface area contributed by atoms with Crippen LogP contribution in [0.2, 0.25) is 0 Å². The van der Waals surface area contributed by atoms with Crippen LogP contribution in [0.1, 0.15) is 45.6 Å². The first kappa shape index (κ1) is 22.8. The quantitative estimate of drug-likeness (QED) is 0.643. The number of hydrogen-bond acceptors (Lipinski definition) is 5. The van der Waals surface area contributed by atoms with Crippen LogP contribution in [0.3, 0.4) is 0 Å². The number of likely N-dealkylation sites (tertiary alicyclic amines) is 1. The second kappa shape index (κ2) is 9.98. The minimum Gasteiger partial charge on any atom is -0.488 e. The standard InChI is InChI=1S/C24H31FN2O4/c1-5-29-22-21(7-6-13-26-22)30-16-18-15-27(23(28)31-24(2,3)4)14-12-20(18)17-8-10-19(25)11-9-17/h6-11,13,18,20H,5,12,14-16H2,1-4H3/t18-,20+/m0/s1. The zero-order chi connectivity index (χ0) is 22.4. The van der Waals surface area contributed by atoms with Crippen LogP contribution in [-0.4, -0.2) is 47.9 Å². The minimum absolute atomic E-state index is 0.00131. The van der Waals surface area contributed by atoms with Gasteiger partial charge in [0.1, 0.15) is 11.4 Å². The van der Waals surface area contributed by atoms with Crippen LogP contribution in [0.5, 0.6) is 11.6 Å². The molecule has 2 heterocycles. The maximum Gasteiger partial charge on any atom is 0.410 e. The topological polar surface area (TPSA) is 60.9 Å². The summed E-state index contributed by atoms with van der Waals surface area (Å²) < 4.78 is 30.7. The lowest BCUT2D eigenvalue weighted by Crippen LogP contribution is -2.46. The summed E-state index contributed by atoms with van der Waals surface area (Å²) in [6, 6.07) is 10.2. The molecule has 0 saturated carbocycles. The first-order valence-electron chi connectivity index (χ1n) is 10.7. The fraction of sp³-hybridized carbons (Fsp3) is 0.500. The SMILES string of the molecule is CCOc1ncccc1OC[C@@H]1CN(C(=O)OC(C)(C)C)CC[C@@H]1c1ccc(F)cc1. The third-order valence-electron chi connectivity index (χ3n) is 5.15. The van der Waals surface area contributed by atoms with Crippen molar-refractivity contribution < 1.29 is 23.4 Å². The van der Waals surface area contributed by atoms with Gasteiger partial charge >= 0.3 is 6.09 Å². The Balaban J connectivity index is 1.77. The Labute approximate surface area is 183 Å².